The Morgan fingerprint density at radius 3 is 2.22 bits per heavy atom. The van der Waals surface area contributed by atoms with Crippen LogP contribution in [0.15, 0.2) is 24.3 Å². The van der Waals surface area contributed by atoms with Gasteiger partial charge in [0.05, 0.1) is 24.6 Å². The molecule has 0 unspecified atom stereocenters. The first-order valence-corrected chi connectivity index (χ1v) is 7.86. The minimum atomic E-state index is -1.18. The maximum Gasteiger partial charge on any atom is 0.410 e. The van der Waals surface area contributed by atoms with E-state index in [-0.39, 0.29) is 13.1 Å². The summed E-state index contributed by atoms with van der Waals surface area (Å²) in [5.41, 5.74) is -0.398. The van der Waals surface area contributed by atoms with Crippen molar-refractivity contribution in [3.8, 4) is 6.07 Å². The molecule has 0 radical (unpaired) electrons. The number of nitrogens with zero attached hydrogens (tertiary/aromatic N) is 2. The van der Waals surface area contributed by atoms with Crippen molar-refractivity contribution in [3.63, 3.8) is 0 Å². The summed E-state index contributed by atoms with van der Waals surface area (Å²) in [4.78, 5) is 13.5. The molecule has 1 aliphatic carbocycles. The van der Waals surface area contributed by atoms with Crippen LogP contribution in [-0.2, 0) is 17.6 Å². The van der Waals surface area contributed by atoms with E-state index in [2.05, 4.69) is 6.07 Å². The number of benzene rings is 1. The van der Waals surface area contributed by atoms with Crippen LogP contribution in [0.1, 0.15) is 31.9 Å². The van der Waals surface area contributed by atoms with Gasteiger partial charge in [0.2, 0.25) is 0 Å². The fraction of sp³-hybridized carbons (Fsp3) is 0.556. The van der Waals surface area contributed by atoms with Gasteiger partial charge in [-0.1, -0.05) is 24.3 Å². The van der Waals surface area contributed by atoms with Crippen LogP contribution >= 0.6 is 0 Å². The van der Waals surface area contributed by atoms with E-state index in [1.54, 1.807) is 20.8 Å². The molecule has 1 aromatic rings. The van der Waals surface area contributed by atoms with Gasteiger partial charge >= 0.3 is 6.09 Å². The standard InChI is InChI=1S/C18H22N2O3/c1-16(2,3)23-15(21)20-11-18(22,12-20)17(10-19)8-13-6-4-5-7-14(13)9-17/h4-7,22H,8-9,11-12H2,1-3H3. The van der Waals surface area contributed by atoms with Crippen LogP contribution in [0, 0.1) is 16.7 Å². The zero-order valence-electron chi connectivity index (χ0n) is 13.8. The molecule has 0 bridgehead atoms. The van der Waals surface area contributed by atoms with E-state index in [1.807, 2.05) is 24.3 Å². The zero-order chi connectivity index (χ0) is 16.9. The molecule has 122 valence electrons. The molecule has 1 fully saturated rings. The molecular weight excluding hydrogens is 292 g/mol. The van der Waals surface area contributed by atoms with Gasteiger partial charge in [-0.2, -0.15) is 5.26 Å². The van der Waals surface area contributed by atoms with Gasteiger partial charge in [-0.25, -0.2) is 4.79 Å². The zero-order valence-corrected chi connectivity index (χ0v) is 13.8. The lowest BCUT2D eigenvalue weighted by molar-refractivity contribution is -0.152. The number of β-amino-alcohol motifs (C(OH)–C–C–N with tert-alkyl or cyclic N) is 1. The van der Waals surface area contributed by atoms with Gasteiger partial charge in [0.1, 0.15) is 11.2 Å². The molecule has 0 saturated carbocycles. The number of hydrogen-bond donors (Lipinski definition) is 1. The highest BCUT2D eigenvalue weighted by Gasteiger charge is 2.61. The number of hydrogen-bond acceptors (Lipinski definition) is 4. The summed E-state index contributed by atoms with van der Waals surface area (Å²) >= 11 is 0. The Bertz CT molecular complexity index is 653. The van der Waals surface area contributed by atoms with Crippen molar-refractivity contribution in [2.24, 2.45) is 5.41 Å². The van der Waals surface area contributed by atoms with Crippen molar-refractivity contribution in [3.05, 3.63) is 35.4 Å². The van der Waals surface area contributed by atoms with E-state index >= 15 is 0 Å². The quantitative estimate of drug-likeness (QED) is 0.863. The highest BCUT2D eigenvalue weighted by molar-refractivity contribution is 5.70. The Morgan fingerprint density at radius 1 is 1.26 bits per heavy atom. The van der Waals surface area contributed by atoms with Crippen molar-refractivity contribution in [2.45, 2.75) is 44.8 Å². The molecule has 0 aromatic heterocycles. The summed E-state index contributed by atoms with van der Waals surface area (Å²) in [6.45, 7) is 5.71. The lowest BCUT2D eigenvalue weighted by atomic mass is 9.66. The Balaban J connectivity index is 1.73. The maximum absolute atomic E-state index is 12.1. The molecule has 23 heavy (non-hydrogen) atoms. The van der Waals surface area contributed by atoms with Gasteiger partial charge in [0.25, 0.3) is 0 Å². The third kappa shape index (κ3) is 2.57. The van der Waals surface area contributed by atoms with Crippen molar-refractivity contribution in [1.82, 2.24) is 4.90 Å². The van der Waals surface area contributed by atoms with Gasteiger partial charge in [0.15, 0.2) is 0 Å². The summed E-state index contributed by atoms with van der Waals surface area (Å²) in [6.07, 6.45) is 0.613. The van der Waals surface area contributed by atoms with Gasteiger partial charge in [-0.3, -0.25) is 0 Å². The SMILES string of the molecule is CC(C)(C)OC(=O)N1CC(O)(C2(C#N)Cc3ccccc3C2)C1. The minimum Gasteiger partial charge on any atom is -0.444 e. The molecule has 1 amide bonds. The number of ether oxygens (including phenoxy) is 1. The van der Waals surface area contributed by atoms with E-state index in [0.29, 0.717) is 12.8 Å². The number of nitriles is 1. The number of carbonyl (C=O) groups is 1. The van der Waals surface area contributed by atoms with Crippen LogP contribution in [0.3, 0.4) is 0 Å². The van der Waals surface area contributed by atoms with Crippen LogP contribution in [0.25, 0.3) is 0 Å². The summed E-state index contributed by atoms with van der Waals surface area (Å²) in [6, 6.07) is 10.2. The van der Waals surface area contributed by atoms with Crippen LogP contribution in [0.5, 0.6) is 0 Å². The number of aliphatic hydroxyl groups is 1. The first kappa shape index (κ1) is 15.8. The van der Waals surface area contributed by atoms with E-state index in [9.17, 15) is 15.2 Å². The van der Waals surface area contributed by atoms with E-state index in [4.69, 9.17) is 4.74 Å². The fourth-order valence-electron chi connectivity index (χ4n) is 3.47. The first-order valence-electron chi connectivity index (χ1n) is 7.86. The first-order chi connectivity index (χ1) is 10.7. The number of amides is 1. The molecule has 0 spiro atoms. The Labute approximate surface area is 136 Å². The average Bonchev–Trinajstić information content (AvgIpc) is 2.82. The molecule has 5 heteroatoms. The largest absolute Gasteiger partial charge is 0.444 e. The third-order valence-corrected chi connectivity index (χ3v) is 4.76. The van der Waals surface area contributed by atoms with Gasteiger partial charge in [0, 0.05) is 0 Å². The van der Waals surface area contributed by atoms with E-state index in [0.717, 1.165) is 11.1 Å². The van der Waals surface area contributed by atoms with Crippen LogP contribution < -0.4 is 0 Å². The second-order valence-corrected chi connectivity index (χ2v) is 7.68. The number of fused-ring (bicyclic) bond motifs is 1. The number of carbonyl (C=O) groups excluding carboxylic acids is 1. The molecule has 2 aliphatic rings. The molecule has 0 atom stereocenters. The average molecular weight is 314 g/mol. The normalized spacial score (nSPS) is 21.1. The van der Waals surface area contributed by atoms with Gasteiger partial charge in [-0.15, -0.1) is 0 Å². The molecule has 1 heterocycles. The van der Waals surface area contributed by atoms with Crippen molar-refractivity contribution >= 4 is 6.09 Å². The second-order valence-electron chi connectivity index (χ2n) is 7.68. The van der Waals surface area contributed by atoms with Crippen molar-refractivity contribution < 1.29 is 14.6 Å². The lowest BCUT2D eigenvalue weighted by Crippen LogP contribution is -2.71. The number of likely N-dealkylation sites (tertiary alicyclic amines) is 1. The summed E-state index contributed by atoms with van der Waals surface area (Å²) < 4.78 is 5.32. The van der Waals surface area contributed by atoms with Crippen molar-refractivity contribution in [2.75, 3.05) is 13.1 Å². The Kier molecular flexibility index (Phi) is 3.42. The molecule has 1 N–H and O–H groups in total. The molecule has 1 saturated heterocycles. The second kappa shape index (κ2) is 4.97. The van der Waals surface area contributed by atoms with E-state index in [1.165, 1.54) is 4.90 Å². The topological polar surface area (TPSA) is 73.6 Å². The predicted molar refractivity (Wildman–Crippen MR) is 84.7 cm³/mol. The number of rotatable bonds is 1. The van der Waals surface area contributed by atoms with Crippen LogP contribution in [0.2, 0.25) is 0 Å². The minimum absolute atomic E-state index is 0.142. The van der Waals surface area contributed by atoms with Gasteiger partial charge < -0.3 is 14.7 Å². The molecule has 5 nitrogen and oxygen atoms in total. The third-order valence-electron chi connectivity index (χ3n) is 4.76. The van der Waals surface area contributed by atoms with Gasteiger partial charge in [-0.05, 0) is 44.7 Å². The summed E-state index contributed by atoms with van der Waals surface area (Å²) in [7, 11) is 0. The Morgan fingerprint density at radius 2 is 1.78 bits per heavy atom. The van der Waals surface area contributed by atoms with Crippen molar-refractivity contribution in [1.29, 1.82) is 5.26 Å². The van der Waals surface area contributed by atoms with Crippen LogP contribution in [0.4, 0.5) is 4.79 Å². The van der Waals surface area contributed by atoms with Crippen LogP contribution in [-0.4, -0.2) is 40.4 Å². The molecule has 1 aromatic carbocycles. The Hall–Kier alpha value is -2.06. The smallest absolute Gasteiger partial charge is 0.410 e. The summed E-state index contributed by atoms with van der Waals surface area (Å²) in [5, 5.41) is 20.7. The molecule has 3 rings (SSSR count). The highest BCUT2D eigenvalue weighted by atomic mass is 16.6. The molecule has 1 aliphatic heterocycles. The predicted octanol–water partition coefficient (Wildman–Crippen LogP) is 2.28. The highest BCUT2D eigenvalue weighted by Crippen LogP contribution is 2.48. The fourth-order valence-corrected chi connectivity index (χ4v) is 3.47. The monoisotopic (exact) mass is 314 g/mol. The molecular formula is C18H22N2O3. The maximum atomic E-state index is 12.1. The summed E-state index contributed by atoms with van der Waals surface area (Å²) in [5.74, 6) is 0. The van der Waals surface area contributed by atoms with E-state index < -0.39 is 22.7 Å². The lowest BCUT2D eigenvalue weighted by Gasteiger charge is -2.52.